The summed E-state index contributed by atoms with van der Waals surface area (Å²) in [7, 11) is 0. The molecule has 6 fully saturated rings. The molecule has 0 spiro atoms. The number of halogens is 2. The quantitative estimate of drug-likeness (QED) is 0.140. The van der Waals surface area contributed by atoms with E-state index >= 15 is 8.78 Å². The van der Waals surface area contributed by atoms with E-state index in [2.05, 4.69) is 61.9 Å². The van der Waals surface area contributed by atoms with Gasteiger partial charge >= 0.3 is 0 Å². The van der Waals surface area contributed by atoms with E-state index < -0.39 is 11.6 Å². The van der Waals surface area contributed by atoms with Gasteiger partial charge in [0.15, 0.2) is 11.6 Å². The summed E-state index contributed by atoms with van der Waals surface area (Å²) in [6.45, 7) is 1.38. The Morgan fingerprint density at radius 1 is 0.585 bits per heavy atom. The van der Waals surface area contributed by atoms with Gasteiger partial charge in [-0.25, -0.2) is 18.7 Å². The Labute approximate surface area is 309 Å². The van der Waals surface area contributed by atoms with E-state index in [0.717, 1.165) is 102 Å². The van der Waals surface area contributed by atoms with Crippen molar-refractivity contribution in [2.45, 2.75) is 120 Å². The van der Waals surface area contributed by atoms with E-state index in [0.29, 0.717) is 30.9 Å². The number of imidazole rings is 2. The molecule has 2 saturated carbocycles. The Balaban J connectivity index is 0.943. The maximum absolute atomic E-state index is 16.1. The van der Waals surface area contributed by atoms with Crippen LogP contribution in [-0.2, 0) is 0 Å². The van der Waals surface area contributed by atoms with E-state index in [-0.39, 0.29) is 29.9 Å². The lowest BCUT2D eigenvalue weighted by Crippen LogP contribution is -2.31. The summed E-state index contributed by atoms with van der Waals surface area (Å²) < 4.78 is 32.3. The highest BCUT2D eigenvalue weighted by Crippen LogP contribution is 2.49. The Hall–Kier alpha value is -4.02. The predicted octanol–water partition coefficient (Wildman–Crippen LogP) is 9.20. The first-order chi connectivity index (χ1) is 26.0. The number of aromatic amines is 2. The van der Waals surface area contributed by atoms with Gasteiger partial charge < -0.3 is 30.4 Å². The van der Waals surface area contributed by atoms with E-state index in [1.807, 2.05) is 4.90 Å². The molecule has 11 rings (SSSR count). The zero-order valence-corrected chi connectivity index (χ0v) is 30.4. The van der Waals surface area contributed by atoms with E-state index in [1.54, 1.807) is 12.1 Å². The number of nitrogens with zero attached hydrogens (tertiary/aromatic N) is 4. The van der Waals surface area contributed by atoms with Crippen LogP contribution in [-0.4, -0.2) is 45.1 Å². The number of hydrogen-bond donors (Lipinski definition) is 4. The number of anilines is 2. The van der Waals surface area contributed by atoms with Crippen LogP contribution in [0, 0.1) is 23.5 Å². The molecule has 53 heavy (non-hydrogen) atoms. The van der Waals surface area contributed by atoms with Crippen molar-refractivity contribution in [2.75, 3.05) is 22.9 Å². The van der Waals surface area contributed by atoms with Gasteiger partial charge in [-0.3, -0.25) is 0 Å². The number of piperidine rings is 1. The van der Waals surface area contributed by atoms with Crippen LogP contribution < -0.4 is 20.4 Å². The average Bonchev–Trinajstić information content (AvgIpc) is 4.00. The molecule has 3 aromatic carbocycles. The van der Waals surface area contributed by atoms with Crippen molar-refractivity contribution in [3.8, 4) is 0 Å². The highest BCUT2D eigenvalue weighted by molar-refractivity contribution is 5.78. The van der Waals surface area contributed by atoms with Gasteiger partial charge in [0, 0.05) is 30.9 Å². The molecule has 2 aliphatic carbocycles. The van der Waals surface area contributed by atoms with Gasteiger partial charge in [0.2, 0.25) is 0 Å². The van der Waals surface area contributed by atoms with Crippen molar-refractivity contribution in [1.29, 1.82) is 0 Å². The standard InChI is InChI=1S/C43H50F2N8/c44-29-22-28(23-30(45)41(29)52-16-2-1-3-17-52)53-39(26-10-12-33-35(20-26)50-42(48-33)37-18-24-6-4-8-31(24)46-37)14-15-40(53)27-11-13-34-36(21-27)51-43(49-34)38-19-25-7-5-9-32(25)47-38/h10-13,20-25,31-32,37-40,46-47H,1-9,14-19H2,(H,48,50)(H,49,51)/t24-,25-,31-,32-,37-,38-,39+,40+/m0/s1. The summed E-state index contributed by atoms with van der Waals surface area (Å²) in [5.74, 6) is 2.59. The minimum atomic E-state index is -0.476. The largest absolute Gasteiger partial charge is 0.367 e. The Kier molecular flexibility index (Phi) is 7.82. The first-order valence-electron chi connectivity index (χ1n) is 20.6. The topological polar surface area (TPSA) is 87.9 Å². The van der Waals surface area contributed by atoms with Gasteiger partial charge in [0.25, 0.3) is 0 Å². The van der Waals surface area contributed by atoms with Crippen LogP contribution in [0.4, 0.5) is 20.2 Å². The van der Waals surface area contributed by atoms with E-state index in [1.165, 1.54) is 38.5 Å². The average molecular weight is 717 g/mol. The minimum absolute atomic E-state index is 0.0603. The Morgan fingerprint density at radius 2 is 1.11 bits per heavy atom. The number of benzene rings is 3. The molecule has 0 unspecified atom stereocenters. The number of aromatic nitrogens is 4. The van der Waals surface area contributed by atoms with Crippen LogP contribution >= 0.6 is 0 Å². The third-order valence-corrected chi connectivity index (χ3v) is 14.1. The Morgan fingerprint density at radius 3 is 1.62 bits per heavy atom. The summed E-state index contributed by atoms with van der Waals surface area (Å²) in [6, 6.07) is 17.8. The Bertz CT molecular complexity index is 2010. The van der Waals surface area contributed by atoms with Crippen LogP contribution in [0.15, 0.2) is 48.5 Å². The molecule has 6 aliphatic rings. The predicted molar refractivity (Wildman–Crippen MR) is 205 cm³/mol. The maximum atomic E-state index is 16.1. The molecule has 0 radical (unpaired) electrons. The lowest BCUT2D eigenvalue weighted by Gasteiger charge is -2.35. The summed E-state index contributed by atoms with van der Waals surface area (Å²) in [4.78, 5) is 21.6. The molecule has 0 amide bonds. The van der Waals surface area contributed by atoms with Gasteiger partial charge in [-0.1, -0.05) is 25.0 Å². The second-order valence-electron chi connectivity index (χ2n) is 17.1. The van der Waals surface area contributed by atoms with E-state index in [4.69, 9.17) is 9.97 Å². The molecule has 10 heteroatoms. The number of H-pyrrole nitrogens is 2. The van der Waals surface area contributed by atoms with Crippen molar-refractivity contribution in [2.24, 2.45) is 11.8 Å². The summed E-state index contributed by atoms with van der Waals surface area (Å²) in [6.07, 6.45) is 14.8. The third-order valence-electron chi connectivity index (χ3n) is 14.1. The van der Waals surface area contributed by atoms with Crippen LogP contribution in [0.2, 0.25) is 0 Å². The minimum Gasteiger partial charge on any atom is -0.367 e. The third kappa shape index (κ3) is 5.57. The van der Waals surface area contributed by atoms with Gasteiger partial charge in [0.05, 0.1) is 46.2 Å². The zero-order valence-electron chi connectivity index (χ0n) is 30.4. The summed E-state index contributed by atoms with van der Waals surface area (Å²) in [5, 5.41) is 7.69. The smallest absolute Gasteiger partial charge is 0.151 e. The molecular formula is C43H50F2N8. The van der Waals surface area contributed by atoms with Gasteiger partial charge in [-0.2, -0.15) is 0 Å². The highest BCUT2D eigenvalue weighted by atomic mass is 19.1. The van der Waals surface area contributed by atoms with Crippen molar-refractivity contribution < 1.29 is 8.78 Å². The second-order valence-corrected chi connectivity index (χ2v) is 17.1. The van der Waals surface area contributed by atoms with Gasteiger partial charge in [-0.15, -0.1) is 0 Å². The monoisotopic (exact) mass is 716 g/mol. The van der Waals surface area contributed by atoms with Crippen LogP contribution in [0.25, 0.3) is 22.1 Å². The first-order valence-corrected chi connectivity index (χ1v) is 20.6. The molecule has 4 aliphatic heterocycles. The molecule has 8 nitrogen and oxygen atoms in total. The van der Waals surface area contributed by atoms with E-state index in [9.17, 15) is 0 Å². The van der Waals surface area contributed by atoms with Crippen molar-refractivity contribution in [3.05, 3.63) is 82.9 Å². The first kappa shape index (κ1) is 32.4. The maximum Gasteiger partial charge on any atom is 0.151 e. The second kappa shape index (κ2) is 12.8. The highest BCUT2D eigenvalue weighted by Gasteiger charge is 2.41. The molecule has 276 valence electrons. The molecular weight excluding hydrogens is 667 g/mol. The zero-order chi connectivity index (χ0) is 35.2. The normalized spacial score (nSPS) is 31.4. The molecule has 5 aromatic rings. The van der Waals surface area contributed by atoms with Gasteiger partial charge in [-0.05, 0) is 130 Å². The lowest BCUT2D eigenvalue weighted by atomic mass is 10.0. The molecule has 0 bridgehead atoms. The fourth-order valence-corrected chi connectivity index (χ4v) is 11.5. The van der Waals surface area contributed by atoms with Crippen LogP contribution in [0.1, 0.15) is 130 Å². The molecule has 8 atom stereocenters. The SMILES string of the molecule is Fc1cc(N2[C@@H](c3ccc4nc([C@@H]5C[C@@H]6CCC[C@@H]6N5)[nH]c4c3)CC[C@@H]2c2ccc3nc([C@@H]4C[C@@H]5CCC[C@@H]5N4)[nH]c3c2)cc(F)c1N1CCCCC1. The molecule has 6 heterocycles. The van der Waals surface area contributed by atoms with Gasteiger partial charge in [0.1, 0.15) is 17.3 Å². The van der Waals surface area contributed by atoms with Crippen LogP contribution in [0.3, 0.4) is 0 Å². The van der Waals surface area contributed by atoms with Crippen molar-refractivity contribution >= 4 is 33.4 Å². The number of nitrogens with one attached hydrogen (secondary N) is 4. The fraction of sp³-hybridized carbons (Fsp3) is 0.535. The molecule has 4 saturated heterocycles. The number of fused-ring (bicyclic) bond motifs is 4. The fourth-order valence-electron chi connectivity index (χ4n) is 11.5. The molecule has 4 N–H and O–H groups in total. The number of rotatable bonds is 6. The van der Waals surface area contributed by atoms with Crippen molar-refractivity contribution in [3.63, 3.8) is 0 Å². The lowest BCUT2D eigenvalue weighted by molar-refractivity contribution is 0.516. The summed E-state index contributed by atoms with van der Waals surface area (Å²) in [5.41, 5.74) is 6.95. The van der Waals surface area contributed by atoms with Crippen LogP contribution in [0.5, 0.6) is 0 Å². The summed E-state index contributed by atoms with van der Waals surface area (Å²) >= 11 is 0. The number of hydrogen-bond acceptors (Lipinski definition) is 6. The van der Waals surface area contributed by atoms with Crippen molar-refractivity contribution in [1.82, 2.24) is 30.6 Å². The molecule has 2 aromatic heterocycles.